The van der Waals surface area contributed by atoms with Crippen molar-refractivity contribution in [2.45, 2.75) is 17.6 Å². The fourth-order valence-corrected chi connectivity index (χ4v) is 5.82. The van der Waals surface area contributed by atoms with Gasteiger partial charge in [0.25, 0.3) is 10.0 Å². The molecular formula is C15H17NO4S2. The molecule has 1 aromatic heterocycles. The Bertz CT molecular complexity index is 779. The smallest absolute Gasteiger partial charge is 0.308 e. The lowest BCUT2D eigenvalue weighted by Crippen LogP contribution is -2.45. The SMILES string of the molecule is CC1CCN(S(=O)(=O)c2cc3ccccc3s2)CC1C(=O)O. The number of hydrogen-bond donors (Lipinski definition) is 1. The molecule has 0 saturated carbocycles. The number of hydrogen-bond acceptors (Lipinski definition) is 4. The Labute approximate surface area is 133 Å². The normalized spacial score (nSPS) is 23.7. The number of fused-ring (bicyclic) bond motifs is 1. The Morgan fingerprint density at radius 2 is 2.09 bits per heavy atom. The first kappa shape index (κ1) is 15.5. The van der Waals surface area contributed by atoms with Crippen molar-refractivity contribution in [3.63, 3.8) is 0 Å². The third-order valence-electron chi connectivity index (χ3n) is 4.24. The molecule has 1 aliphatic rings. The molecule has 1 aliphatic heterocycles. The Balaban J connectivity index is 1.94. The van der Waals surface area contributed by atoms with E-state index in [0.29, 0.717) is 13.0 Å². The number of rotatable bonds is 3. The molecule has 2 unspecified atom stereocenters. The largest absolute Gasteiger partial charge is 0.481 e. The predicted molar refractivity (Wildman–Crippen MR) is 85.5 cm³/mol. The van der Waals surface area contributed by atoms with E-state index in [0.717, 1.165) is 10.1 Å². The summed E-state index contributed by atoms with van der Waals surface area (Å²) in [5, 5.41) is 10.2. The zero-order valence-corrected chi connectivity index (χ0v) is 13.7. The summed E-state index contributed by atoms with van der Waals surface area (Å²) in [5.74, 6) is -1.58. The highest BCUT2D eigenvalue weighted by atomic mass is 32.2. The van der Waals surface area contributed by atoms with Crippen LogP contribution in [0.4, 0.5) is 0 Å². The van der Waals surface area contributed by atoms with E-state index < -0.39 is 21.9 Å². The quantitative estimate of drug-likeness (QED) is 0.933. The van der Waals surface area contributed by atoms with Crippen LogP contribution in [0.25, 0.3) is 10.1 Å². The van der Waals surface area contributed by atoms with Crippen LogP contribution < -0.4 is 0 Å². The van der Waals surface area contributed by atoms with Gasteiger partial charge in [0, 0.05) is 17.8 Å². The molecular weight excluding hydrogens is 322 g/mol. The number of nitrogens with zero attached hydrogens (tertiary/aromatic N) is 1. The van der Waals surface area contributed by atoms with Crippen LogP contribution in [0.3, 0.4) is 0 Å². The van der Waals surface area contributed by atoms with Gasteiger partial charge in [0.1, 0.15) is 4.21 Å². The zero-order valence-electron chi connectivity index (χ0n) is 12.1. The average molecular weight is 339 g/mol. The molecule has 1 aromatic carbocycles. The van der Waals surface area contributed by atoms with Gasteiger partial charge in [-0.3, -0.25) is 4.79 Å². The van der Waals surface area contributed by atoms with Crippen molar-refractivity contribution < 1.29 is 18.3 Å². The lowest BCUT2D eigenvalue weighted by Gasteiger charge is -2.33. The highest BCUT2D eigenvalue weighted by Crippen LogP contribution is 2.33. The molecule has 5 nitrogen and oxygen atoms in total. The topological polar surface area (TPSA) is 74.7 Å². The van der Waals surface area contributed by atoms with Gasteiger partial charge in [-0.2, -0.15) is 4.31 Å². The van der Waals surface area contributed by atoms with Crippen LogP contribution in [0.2, 0.25) is 0 Å². The van der Waals surface area contributed by atoms with Crippen molar-refractivity contribution >= 4 is 37.4 Å². The third kappa shape index (κ3) is 2.64. The van der Waals surface area contributed by atoms with E-state index in [1.54, 1.807) is 6.07 Å². The highest BCUT2D eigenvalue weighted by molar-refractivity contribution is 7.91. The number of thiophene rings is 1. The Hall–Kier alpha value is -1.44. The molecule has 2 atom stereocenters. The molecule has 3 rings (SSSR count). The van der Waals surface area contributed by atoms with E-state index in [2.05, 4.69) is 0 Å². The third-order valence-corrected chi connectivity index (χ3v) is 7.67. The molecule has 1 fully saturated rings. The van der Waals surface area contributed by atoms with E-state index in [9.17, 15) is 18.3 Å². The second-order valence-electron chi connectivity index (χ2n) is 5.68. The number of sulfonamides is 1. The Morgan fingerprint density at radius 3 is 2.77 bits per heavy atom. The maximum atomic E-state index is 12.8. The van der Waals surface area contributed by atoms with Crippen LogP contribution >= 0.6 is 11.3 Å². The van der Waals surface area contributed by atoms with Crippen molar-refractivity contribution in [2.24, 2.45) is 11.8 Å². The second kappa shape index (κ2) is 5.64. The molecule has 22 heavy (non-hydrogen) atoms. The van der Waals surface area contributed by atoms with E-state index in [1.165, 1.54) is 15.6 Å². The summed E-state index contributed by atoms with van der Waals surface area (Å²) in [6.07, 6.45) is 0.571. The van der Waals surface area contributed by atoms with Gasteiger partial charge in [-0.15, -0.1) is 11.3 Å². The fraction of sp³-hybridized carbons (Fsp3) is 0.400. The van der Waals surface area contributed by atoms with E-state index in [4.69, 9.17) is 0 Å². The maximum absolute atomic E-state index is 12.8. The average Bonchev–Trinajstić information content (AvgIpc) is 2.92. The van der Waals surface area contributed by atoms with Crippen molar-refractivity contribution in [2.75, 3.05) is 13.1 Å². The number of carbonyl (C=O) groups is 1. The molecule has 1 N–H and O–H groups in total. The summed E-state index contributed by atoms with van der Waals surface area (Å²) in [6, 6.07) is 9.18. The van der Waals surface area contributed by atoms with Crippen LogP contribution in [-0.4, -0.2) is 36.9 Å². The molecule has 0 amide bonds. The van der Waals surface area contributed by atoms with Gasteiger partial charge in [0.15, 0.2) is 0 Å². The standard InChI is InChI=1S/C15H17NO4S2/c1-10-6-7-16(9-12(10)15(17)18)22(19,20)14-8-11-4-2-3-5-13(11)21-14/h2-5,8,10,12H,6-7,9H2,1H3,(H,17,18). The van der Waals surface area contributed by atoms with Crippen molar-refractivity contribution in [1.82, 2.24) is 4.31 Å². The van der Waals surface area contributed by atoms with Crippen molar-refractivity contribution in [1.29, 1.82) is 0 Å². The minimum atomic E-state index is -3.63. The van der Waals surface area contributed by atoms with Crippen LogP contribution in [0.15, 0.2) is 34.5 Å². The van der Waals surface area contributed by atoms with Crippen molar-refractivity contribution in [3.05, 3.63) is 30.3 Å². The maximum Gasteiger partial charge on any atom is 0.308 e. The van der Waals surface area contributed by atoms with Gasteiger partial charge >= 0.3 is 5.97 Å². The number of benzene rings is 1. The van der Waals surface area contributed by atoms with E-state index >= 15 is 0 Å². The summed E-state index contributed by atoms with van der Waals surface area (Å²) >= 11 is 1.23. The minimum absolute atomic E-state index is 0.00800. The van der Waals surface area contributed by atoms with Crippen LogP contribution in [0.1, 0.15) is 13.3 Å². The Kier molecular flexibility index (Phi) is 3.96. The Morgan fingerprint density at radius 1 is 1.36 bits per heavy atom. The summed E-state index contributed by atoms with van der Waals surface area (Å²) in [6.45, 7) is 2.29. The molecule has 118 valence electrons. The van der Waals surface area contributed by atoms with Gasteiger partial charge in [0.05, 0.1) is 5.92 Å². The summed E-state index contributed by atoms with van der Waals surface area (Å²) < 4.78 is 28.1. The summed E-state index contributed by atoms with van der Waals surface area (Å²) in [5.41, 5.74) is 0. The lowest BCUT2D eigenvalue weighted by molar-refractivity contribution is -0.144. The van der Waals surface area contributed by atoms with Gasteiger partial charge in [-0.05, 0) is 29.9 Å². The number of carboxylic acid groups (broad SMARTS) is 1. The first-order valence-electron chi connectivity index (χ1n) is 7.11. The van der Waals surface area contributed by atoms with Crippen LogP contribution in [-0.2, 0) is 14.8 Å². The predicted octanol–water partition coefficient (Wildman–Crippen LogP) is 2.63. The second-order valence-corrected chi connectivity index (χ2v) is 8.93. The van der Waals surface area contributed by atoms with Gasteiger partial charge in [-0.25, -0.2) is 8.42 Å². The number of carboxylic acids is 1. The molecule has 0 spiro atoms. The van der Waals surface area contributed by atoms with Gasteiger partial charge in [0.2, 0.25) is 0 Å². The summed E-state index contributed by atoms with van der Waals surface area (Å²) in [4.78, 5) is 11.3. The first-order chi connectivity index (χ1) is 10.4. The highest BCUT2D eigenvalue weighted by Gasteiger charge is 2.37. The van der Waals surface area contributed by atoms with E-state index in [-0.39, 0.29) is 16.7 Å². The number of piperidine rings is 1. The monoisotopic (exact) mass is 339 g/mol. The lowest BCUT2D eigenvalue weighted by atomic mass is 9.88. The molecule has 2 heterocycles. The van der Waals surface area contributed by atoms with Crippen molar-refractivity contribution in [3.8, 4) is 0 Å². The van der Waals surface area contributed by atoms with Gasteiger partial charge < -0.3 is 5.11 Å². The number of aliphatic carboxylic acids is 1. The molecule has 0 radical (unpaired) electrons. The van der Waals surface area contributed by atoms with Crippen LogP contribution in [0.5, 0.6) is 0 Å². The fourth-order valence-electron chi connectivity index (χ4n) is 2.79. The molecule has 0 aliphatic carbocycles. The molecule has 1 saturated heterocycles. The minimum Gasteiger partial charge on any atom is -0.481 e. The first-order valence-corrected chi connectivity index (χ1v) is 9.37. The summed E-state index contributed by atoms with van der Waals surface area (Å²) in [7, 11) is -3.63. The molecule has 0 bridgehead atoms. The van der Waals surface area contributed by atoms with E-state index in [1.807, 2.05) is 31.2 Å². The molecule has 2 aromatic rings. The van der Waals surface area contributed by atoms with Gasteiger partial charge in [-0.1, -0.05) is 25.1 Å². The van der Waals surface area contributed by atoms with Crippen LogP contribution in [0, 0.1) is 11.8 Å². The zero-order chi connectivity index (χ0) is 15.9. The molecule has 7 heteroatoms.